The molecule has 1 saturated carbocycles. The molecule has 8 heteroatoms. The number of nitrogens with one attached hydrogen (secondary N) is 1. The summed E-state index contributed by atoms with van der Waals surface area (Å²) in [6.07, 6.45) is 3.27. The minimum atomic E-state index is -0.333. The number of nitrogens with zero attached hydrogens (tertiary/aromatic N) is 4. The van der Waals surface area contributed by atoms with E-state index in [1.807, 2.05) is 82.2 Å². The maximum absolute atomic E-state index is 14.1. The molecule has 35 heavy (non-hydrogen) atoms. The maximum Gasteiger partial charge on any atom is 0.262 e. The first-order valence-corrected chi connectivity index (χ1v) is 11.9. The van der Waals surface area contributed by atoms with Crippen LogP contribution in [0.25, 0.3) is 10.9 Å². The van der Waals surface area contributed by atoms with Crippen LogP contribution < -0.4 is 15.8 Å². The quantitative estimate of drug-likeness (QED) is 0.458. The molecule has 4 aromatic rings. The topological polar surface area (TPSA) is 75.0 Å². The summed E-state index contributed by atoms with van der Waals surface area (Å²) in [5.41, 5.74) is 3.53. The number of benzene rings is 2. The highest BCUT2D eigenvalue weighted by atomic mass is 16.6. The summed E-state index contributed by atoms with van der Waals surface area (Å²) in [6, 6.07) is 19.6. The Morgan fingerprint density at radius 3 is 2.49 bits per heavy atom. The summed E-state index contributed by atoms with van der Waals surface area (Å²) < 4.78 is 9.67. The van der Waals surface area contributed by atoms with Crippen LogP contribution in [-0.4, -0.2) is 38.4 Å². The number of hydrogen-bond acceptors (Lipinski definition) is 5. The van der Waals surface area contributed by atoms with Gasteiger partial charge in [-0.15, -0.1) is 0 Å². The van der Waals surface area contributed by atoms with Gasteiger partial charge in [-0.05, 0) is 37.1 Å². The van der Waals surface area contributed by atoms with Crippen LogP contribution in [0.15, 0.2) is 71.7 Å². The van der Waals surface area contributed by atoms with E-state index in [4.69, 9.17) is 4.74 Å². The third-order valence-electron chi connectivity index (χ3n) is 7.20. The molecule has 2 atom stereocenters. The van der Waals surface area contributed by atoms with Crippen LogP contribution in [0.1, 0.15) is 23.2 Å². The summed E-state index contributed by atoms with van der Waals surface area (Å²) in [5.74, 6) is 0.441. The van der Waals surface area contributed by atoms with Gasteiger partial charge in [0.2, 0.25) is 0 Å². The highest BCUT2D eigenvalue weighted by Gasteiger charge is 2.58. The molecule has 4 heterocycles. The Hall–Kier alpha value is -4.04. The Morgan fingerprint density at radius 2 is 1.71 bits per heavy atom. The molecular formula is C27H25N5O3. The number of ether oxygens (including phenoxy) is 1. The number of pyridine rings is 1. The van der Waals surface area contributed by atoms with Crippen molar-refractivity contribution >= 4 is 39.7 Å². The SMILES string of the molecule is Cn1c2c(c(Nc3cccc4ccn(C)c34)cc1=O)C(=O)N(C1CC1)C1OC1N2c1ccccc1. The van der Waals surface area contributed by atoms with E-state index in [0.29, 0.717) is 17.1 Å². The van der Waals surface area contributed by atoms with E-state index in [-0.39, 0.29) is 30.0 Å². The molecule has 1 aliphatic carbocycles. The van der Waals surface area contributed by atoms with Crippen LogP contribution in [0.3, 0.4) is 0 Å². The minimum absolute atomic E-state index is 0.106. The lowest BCUT2D eigenvalue weighted by Crippen LogP contribution is -2.36. The number of fused-ring (bicyclic) bond motifs is 3. The summed E-state index contributed by atoms with van der Waals surface area (Å²) in [4.78, 5) is 31.3. The molecular weight excluding hydrogens is 442 g/mol. The zero-order chi connectivity index (χ0) is 23.8. The summed E-state index contributed by atoms with van der Waals surface area (Å²) in [6.45, 7) is 0. The first-order chi connectivity index (χ1) is 17.0. The molecule has 2 aromatic carbocycles. The number of rotatable bonds is 4. The number of carbonyl (C=O) groups excluding carboxylic acids is 1. The fraction of sp³-hybridized carbons (Fsp3) is 0.259. The fourth-order valence-corrected chi connectivity index (χ4v) is 5.32. The van der Waals surface area contributed by atoms with Gasteiger partial charge in [-0.25, -0.2) is 0 Å². The number of anilines is 4. The van der Waals surface area contributed by atoms with E-state index < -0.39 is 0 Å². The monoisotopic (exact) mass is 467 g/mol. The van der Waals surface area contributed by atoms with Crippen LogP contribution in [0.4, 0.5) is 22.9 Å². The van der Waals surface area contributed by atoms with Gasteiger partial charge in [0.15, 0.2) is 12.5 Å². The molecule has 2 aromatic heterocycles. The van der Waals surface area contributed by atoms with Crippen LogP contribution in [0, 0.1) is 0 Å². The molecule has 0 spiro atoms. The van der Waals surface area contributed by atoms with Crippen LogP contribution in [0.2, 0.25) is 0 Å². The standard InChI is InChI=1S/C27H25N5O3/c1-29-14-13-16-7-6-10-19(23(16)29)28-20-15-21(33)30(2)24-22(20)25(34)32(18-11-12-18)27-26(35-27)31(24)17-8-4-3-5-9-17/h3-10,13-15,18,26-28H,11-12H2,1-2H3. The van der Waals surface area contributed by atoms with E-state index in [2.05, 4.69) is 5.32 Å². The highest BCUT2D eigenvalue weighted by molar-refractivity contribution is 6.08. The molecule has 2 unspecified atom stereocenters. The average molecular weight is 468 g/mol. The third-order valence-corrected chi connectivity index (χ3v) is 7.20. The smallest absolute Gasteiger partial charge is 0.262 e. The van der Waals surface area contributed by atoms with Crippen LogP contribution >= 0.6 is 0 Å². The molecule has 2 aliphatic heterocycles. The van der Waals surface area contributed by atoms with Gasteiger partial charge in [0.25, 0.3) is 11.5 Å². The number of hydrogen-bond donors (Lipinski definition) is 1. The second-order valence-electron chi connectivity index (χ2n) is 9.52. The van der Waals surface area contributed by atoms with Crippen molar-refractivity contribution in [2.45, 2.75) is 31.3 Å². The fourth-order valence-electron chi connectivity index (χ4n) is 5.32. The number of carbonyl (C=O) groups is 1. The summed E-state index contributed by atoms with van der Waals surface area (Å²) in [7, 11) is 3.70. The molecule has 176 valence electrons. The Balaban J connectivity index is 1.47. The molecule has 8 nitrogen and oxygen atoms in total. The van der Waals surface area contributed by atoms with Crippen LogP contribution in [0.5, 0.6) is 0 Å². The predicted octanol–water partition coefficient (Wildman–Crippen LogP) is 4.06. The first-order valence-electron chi connectivity index (χ1n) is 11.9. The Kier molecular flexibility index (Phi) is 4.20. The van der Waals surface area contributed by atoms with Crippen molar-refractivity contribution in [1.82, 2.24) is 14.0 Å². The minimum Gasteiger partial charge on any atom is -0.353 e. The maximum atomic E-state index is 14.1. The van der Waals surface area contributed by atoms with Crippen molar-refractivity contribution in [3.8, 4) is 0 Å². The molecule has 1 amide bonds. The zero-order valence-electron chi connectivity index (χ0n) is 19.5. The number of para-hydroxylation sites is 2. The lowest BCUT2D eigenvalue weighted by molar-refractivity contribution is 0.0653. The van der Waals surface area contributed by atoms with Crippen molar-refractivity contribution in [2.75, 3.05) is 10.2 Å². The first kappa shape index (κ1) is 20.3. The normalized spacial score (nSPS) is 21.0. The molecule has 0 bridgehead atoms. The Labute approximate surface area is 201 Å². The zero-order valence-corrected chi connectivity index (χ0v) is 19.5. The van der Waals surface area contributed by atoms with Crippen molar-refractivity contribution in [2.24, 2.45) is 14.1 Å². The number of epoxide rings is 1. The second kappa shape index (κ2) is 7.23. The van der Waals surface area contributed by atoms with Gasteiger partial charge in [0, 0.05) is 43.5 Å². The molecule has 2 fully saturated rings. The Bertz CT molecular complexity index is 1550. The van der Waals surface area contributed by atoms with Crippen LogP contribution in [-0.2, 0) is 18.8 Å². The van der Waals surface area contributed by atoms with E-state index in [1.54, 1.807) is 11.6 Å². The largest absolute Gasteiger partial charge is 0.353 e. The highest BCUT2D eigenvalue weighted by Crippen LogP contribution is 2.48. The molecule has 7 rings (SSSR count). The van der Waals surface area contributed by atoms with Gasteiger partial charge >= 0.3 is 0 Å². The van der Waals surface area contributed by atoms with E-state index >= 15 is 0 Å². The van der Waals surface area contributed by atoms with Gasteiger partial charge in [0.05, 0.1) is 16.9 Å². The lowest BCUT2D eigenvalue weighted by atomic mass is 10.1. The van der Waals surface area contributed by atoms with Crippen molar-refractivity contribution in [3.63, 3.8) is 0 Å². The molecule has 1 N–H and O–H groups in total. The number of aryl methyl sites for hydroxylation is 1. The van der Waals surface area contributed by atoms with E-state index in [9.17, 15) is 9.59 Å². The lowest BCUT2D eigenvalue weighted by Gasteiger charge is -2.27. The van der Waals surface area contributed by atoms with E-state index in [1.165, 1.54) is 6.07 Å². The molecule has 0 radical (unpaired) electrons. The summed E-state index contributed by atoms with van der Waals surface area (Å²) >= 11 is 0. The van der Waals surface area contributed by atoms with Crippen molar-refractivity contribution in [3.05, 3.63) is 82.8 Å². The van der Waals surface area contributed by atoms with Gasteiger partial charge in [-0.1, -0.05) is 30.3 Å². The van der Waals surface area contributed by atoms with Gasteiger partial charge in [0.1, 0.15) is 11.4 Å². The van der Waals surface area contributed by atoms with Crippen molar-refractivity contribution < 1.29 is 9.53 Å². The van der Waals surface area contributed by atoms with E-state index in [0.717, 1.165) is 35.1 Å². The predicted molar refractivity (Wildman–Crippen MR) is 134 cm³/mol. The van der Waals surface area contributed by atoms with Gasteiger partial charge in [-0.3, -0.25) is 19.1 Å². The Morgan fingerprint density at radius 1 is 0.914 bits per heavy atom. The number of aromatic nitrogens is 2. The average Bonchev–Trinajstić information content (AvgIpc) is 3.78. The van der Waals surface area contributed by atoms with Gasteiger partial charge in [-0.2, -0.15) is 0 Å². The summed E-state index contributed by atoms with van der Waals surface area (Å²) in [5, 5.41) is 4.54. The second-order valence-corrected chi connectivity index (χ2v) is 9.52. The number of amides is 1. The van der Waals surface area contributed by atoms with Crippen molar-refractivity contribution in [1.29, 1.82) is 0 Å². The van der Waals surface area contributed by atoms with Gasteiger partial charge < -0.3 is 19.5 Å². The molecule has 3 aliphatic rings. The third kappa shape index (κ3) is 3.03. The molecule has 1 saturated heterocycles.